The van der Waals surface area contributed by atoms with Gasteiger partial charge in [-0.25, -0.2) is 0 Å². The predicted molar refractivity (Wildman–Crippen MR) is 78.0 cm³/mol. The number of morpholine rings is 1. The summed E-state index contributed by atoms with van der Waals surface area (Å²) in [6.07, 6.45) is 3.27. The Kier molecular flexibility index (Phi) is 4.07. The molecule has 1 aromatic heterocycles. The lowest BCUT2D eigenvalue weighted by Crippen LogP contribution is -2.54. The Morgan fingerprint density at radius 1 is 1.52 bits per heavy atom. The molecule has 6 heteroatoms. The molecule has 1 aliphatic carbocycles. The van der Waals surface area contributed by atoms with Crippen molar-refractivity contribution in [1.29, 1.82) is 0 Å². The second kappa shape index (κ2) is 5.99. The maximum Gasteiger partial charge on any atom is 0.245 e. The number of pyridine rings is 1. The van der Waals surface area contributed by atoms with Crippen molar-refractivity contribution >= 4 is 11.6 Å². The molecule has 0 aromatic carbocycles. The molecule has 0 radical (unpaired) electrons. The number of rotatable bonds is 4. The maximum atomic E-state index is 12.3. The number of aliphatic hydroxyl groups excluding tert-OH is 1. The van der Waals surface area contributed by atoms with E-state index in [9.17, 15) is 9.90 Å². The van der Waals surface area contributed by atoms with Gasteiger partial charge in [-0.1, -0.05) is 0 Å². The van der Waals surface area contributed by atoms with Crippen LogP contribution in [-0.4, -0.2) is 47.8 Å². The number of carbonyl (C=O) groups excluding carboxylic acids is 1. The number of carbonyl (C=O) groups is 1. The van der Waals surface area contributed by atoms with E-state index in [0.717, 1.165) is 18.5 Å². The van der Waals surface area contributed by atoms with Gasteiger partial charge in [0.05, 0.1) is 36.9 Å². The van der Waals surface area contributed by atoms with E-state index in [1.165, 1.54) is 0 Å². The van der Waals surface area contributed by atoms with Crippen LogP contribution in [0.2, 0.25) is 0 Å². The molecular weight excluding hydrogens is 270 g/mol. The summed E-state index contributed by atoms with van der Waals surface area (Å²) in [7, 11) is 0. The van der Waals surface area contributed by atoms with Gasteiger partial charge in [0.15, 0.2) is 0 Å². The normalized spacial score (nSPS) is 23.7. The monoisotopic (exact) mass is 291 g/mol. The largest absolute Gasteiger partial charge is 0.387 e. The number of amides is 1. The first-order chi connectivity index (χ1) is 10.1. The summed E-state index contributed by atoms with van der Waals surface area (Å²) in [4.78, 5) is 18.6. The van der Waals surface area contributed by atoms with Crippen LogP contribution in [0, 0.1) is 0 Å². The van der Waals surface area contributed by atoms with E-state index < -0.39 is 6.10 Å². The number of nitrogens with zero attached hydrogens (tertiary/aromatic N) is 2. The van der Waals surface area contributed by atoms with Gasteiger partial charge in [-0.15, -0.1) is 0 Å². The molecule has 2 N–H and O–H groups in total. The Hall–Kier alpha value is -1.66. The van der Waals surface area contributed by atoms with Gasteiger partial charge < -0.3 is 20.1 Å². The van der Waals surface area contributed by atoms with Crippen LogP contribution in [0.3, 0.4) is 0 Å². The number of aliphatic hydroxyl groups is 1. The topological polar surface area (TPSA) is 74.7 Å². The lowest BCUT2D eigenvalue weighted by Gasteiger charge is -2.36. The molecular formula is C15H21N3O3. The van der Waals surface area contributed by atoms with Crippen molar-refractivity contribution in [2.45, 2.75) is 38.0 Å². The molecule has 3 rings (SSSR count). The summed E-state index contributed by atoms with van der Waals surface area (Å²) < 4.78 is 5.46. The fraction of sp³-hybridized carbons (Fsp3) is 0.600. The zero-order valence-electron chi connectivity index (χ0n) is 12.2. The van der Waals surface area contributed by atoms with Crippen LogP contribution in [-0.2, 0) is 9.53 Å². The molecule has 21 heavy (non-hydrogen) atoms. The highest BCUT2D eigenvalue weighted by atomic mass is 16.5. The molecule has 2 aliphatic rings. The van der Waals surface area contributed by atoms with Crippen molar-refractivity contribution in [2.24, 2.45) is 0 Å². The first kappa shape index (κ1) is 14.3. The first-order valence-electron chi connectivity index (χ1n) is 7.44. The van der Waals surface area contributed by atoms with Crippen molar-refractivity contribution in [3.63, 3.8) is 0 Å². The summed E-state index contributed by atoms with van der Waals surface area (Å²) in [5.74, 6) is 0.0248. The highest BCUT2D eigenvalue weighted by Crippen LogP contribution is 2.23. The molecule has 0 bridgehead atoms. The molecule has 1 amide bonds. The summed E-state index contributed by atoms with van der Waals surface area (Å²) in [6, 6.07) is 3.74. The Bertz CT molecular complexity index is 499. The zero-order chi connectivity index (χ0) is 14.8. The molecule has 2 unspecified atom stereocenters. The number of nitrogens with one attached hydrogen (secondary N) is 1. The highest BCUT2D eigenvalue weighted by molar-refractivity contribution is 5.86. The number of hydrogen-bond donors (Lipinski definition) is 2. The second-order valence-electron chi connectivity index (χ2n) is 5.68. The van der Waals surface area contributed by atoms with Crippen LogP contribution < -0.4 is 10.2 Å². The van der Waals surface area contributed by atoms with Crippen LogP contribution in [0.25, 0.3) is 0 Å². The van der Waals surface area contributed by atoms with E-state index >= 15 is 0 Å². The molecule has 114 valence electrons. The van der Waals surface area contributed by atoms with Crippen LogP contribution >= 0.6 is 0 Å². The van der Waals surface area contributed by atoms with Gasteiger partial charge in [0.2, 0.25) is 5.91 Å². The third kappa shape index (κ3) is 3.33. The minimum Gasteiger partial charge on any atom is -0.387 e. The lowest BCUT2D eigenvalue weighted by molar-refractivity contribution is -0.124. The second-order valence-corrected chi connectivity index (χ2v) is 5.68. The van der Waals surface area contributed by atoms with Crippen molar-refractivity contribution in [3.05, 3.63) is 24.0 Å². The lowest BCUT2D eigenvalue weighted by atomic mass is 10.1. The Morgan fingerprint density at radius 3 is 2.95 bits per heavy atom. The van der Waals surface area contributed by atoms with Gasteiger partial charge in [0, 0.05) is 12.6 Å². The fourth-order valence-electron chi connectivity index (χ4n) is 2.47. The molecule has 1 saturated carbocycles. The quantitative estimate of drug-likeness (QED) is 0.850. The number of ether oxygens (including phenoxy) is 1. The fourth-order valence-corrected chi connectivity index (χ4v) is 2.47. The Balaban J connectivity index is 1.74. The third-order valence-electron chi connectivity index (χ3n) is 3.89. The van der Waals surface area contributed by atoms with Gasteiger partial charge >= 0.3 is 0 Å². The third-order valence-corrected chi connectivity index (χ3v) is 3.89. The molecule has 1 aromatic rings. The number of hydrogen-bond acceptors (Lipinski definition) is 5. The van der Waals surface area contributed by atoms with Crippen molar-refractivity contribution in [2.75, 3.05) is 24.7 Å². The molecule has 1 saturated heterocycles. The number of aromatic nitrogens is 1. The zero-order valence-corrected chi connectivity index (χ0v) is 12.2. The molecule has 1 aliphatic heterocycles. The van der Waals surface area contributed by atoms with E-state index in [1.54, 1.807) is 19.2 Å². The van der Waals surface area contributed by atoms with Gasteiger partial charge in [-0.05, 0) is 31.9 Å². The molecule has 2 fully saturated rings. The van der Waals surface area contributed by atoms with Crippen LogP contribution in [0.5, 0.6) is 0 Å². The molecule has 6 nitrogen and oxygen atoms in total. The minimum absolute atomic E-state index is 0.0248. The standard InChI is InChI=1S/C15H21N3O3/c1-10(19)13-5-4-12(8-16-13)18-6-7-21-9-14(18)15(20)17-11-2-3-11/h4-5,8,10-11,14,19H,2-3,6-7,9H2,1H3,(H,17,20). The number of anilines is 1. The van der Waals surface area contributed by atoms with Gasteiger partial charge in [-0.3, -0.25) is 9.78 Å². The molecule has 2 heterocycles. The van der Waals surface area contributed by atoms with E-state index in [4.69, 9.17) is 4.74 Å². The summed E-state index contributed by atoms with van der Waals surface area (Å²) in [5.41, 5.74) is 1.52. The van der Waals surface area contributed by atoms with Crippen molar-refractivity contribution in [1.82, 2.24) is 10.3 Å². The average molecular weight is 291 g/mol. The van der Waals surface area contributed by atoms with Gasteiger partial charge in [-0.2, -0.15) is 0 Å². The molecule has 2 atom stereocenters. The van der Waals surface area contributed by atoms with E-state index in [0.29, 0.717) is 31.5 Å². The van der Waals surface area contributed by atoms with Crippen molar-refractivity contribution < 1.29 is 14.6 Å². The predicted octanol–water partition coefficient (Wildman–Crippen LogP) is 0.619. The van der Waals surface area contributed by atoms with Crippen LogP contribution in [0.1, 0.15) is 31.6 Å². The van der Waals surface area contributed by atoms with Crippen LogP contribution in [0.15, 0.2) is 18.3 Å². The summed E-state index contributed by atoms with van der Waals surface area (Å²) >= 11 is 0. The van der Waals surface area contributed by atoms with E-state index in [-0.39, 0.29) is 11.9 Å². The summed E-state index contributed by atoms with van der Waals surface area (Å²) in [6.45, 7) is 3.35. The Labute approximate surface area is 124 Å². The van der Waals surface area contributed by atoms with Crippen LogP contribution in [0.4, 0.5) is 5.69 Å². The van der Waals surface area contributed by atoms with Crippen molar-refractivity contribution in [3.8, 4) is 0 Å². The Morgan fingerprint density at radius 2 is 2.33 bits per heavy atom. The maximum absolute atomic E-state index is 12.3. The van der Waals surface area contributed by atoms with E-state index in [1.807, 2.05) is 11.0 Å². The average Bonchev–Trinajstić information content (AvgIpc) is 3.31. The smallest absolute Gasteiger partial charge is 0.245 e. The SMILES string of the molecule is CC(O)c1ccc(N2CCOCC2C(=O)NC2CC2)cn1. The highest BCUT2D eigenvalue weighted by Gasteiger charge is 2.33. The van der Waals surface area contributed by atoms with E-state index in [2.05, 4.69) is 10.3 Å². The minimum atomic E-state index is -0.585. The van der Waals surface area contributed by atoms with Gasteiger partial charge in [0.25, 0.3) is 0 Å². The summed E-state index contributed by atoms with van der Waals surface area (Å²) in [5, 5.41) is 12.5. The first-order valence-corrected chi connectivity index (χ1v) is 7.44. The van der Waals surface area contributed by atoms with Gasteiger partial charge in [0.1, 0.15) is 6.04 Å². The molecule has 0 spiro atoms.